The van der Waals surface area contributed by atoms with E-state index >= 15 is 0 Å². The average molecular weight is 289 g/mol. The molecule has 0 aliphatic heterocycles. The van der Waals surface area contributed by atoms with Gasteiger partial charge in [-0.25, -0.2) is 9.37 Å². The molecule has 0 aromatic carbocycles. The molecule has 0 radical (unpaired) electrons. The fraction of sp³-hybridized carbons (Fsp3) is 0.417. The Hall–Kier alpha value is -1.69. The molecule has 1 aromatic rings. The van der Waals surface area contributed by atoms with Gasteiger partial charge in [0.05, 0.1) is 25.3 Å². The van der Waals surface area contributed by atoms with E-state index in [2.05, 4.69) is 9.72 Å². The molecule has 1 heterocycles. The van der Waals surface area contributed by atoms with Gasteiger partial charge in [-0.1, -0.05) is 11.6 Å². The molecular formula is C12H14ClFN2O3. The Morgan fingerprint density at radius 2 is 2.21 bits per heavy atom. The fourth-order valence-corrected chi connectivity index (χ4v) is 1.66. The lowest BCUT2D eigenvalue weighted by molar-refractivity contribution is -0.140. The van der Waals surface area contributed by atoms with Crippen molar-refractivity contribution in [1.82, 2.24) is 9.88 Å². The zero-order valence-electron chi connectivity index (χ0n) is 10.7. The smallest absolute Gasteiger partial charge is 0.307 e. The number of hydrogen-bond acceptors (Lipinski definition) is 4. The number of amides is 1. The maximum Gasteiger partial charge on any atom is 0.307 e. The van der Waals surface area contributed by atoms with Crippen molar-refractivity contribution in [3.05, 3.63) is 28.8 Å². The quantitative estimate of drug-likeness (QED) is 0.613. The molecule has 1 rings (SSSR count). The molecule has 0 aliphatic carbocycles. The van der Waals surface area contributed by atoms with E-state index in [1.807, 2.05) is 0 Å². The normalized spacial score (nSPS) is 10.1. The van der Waals surface area contributed by atoms with E-state index in [9.17, 15) is 14.0 Å². The Morgan fingerprint density at radius 3 is 2.79 bits per heavy atom. The SMILES string of the molecule is CCN(CCC(=O)OC)C(=O)c1cc(F)cnc1Cl. The van der Waals surface area contributed by atoms with Crippen LogP contribution in [0.1, 0.15) is 23.7 Å². The van der Waals surface area contributed by atoms with Crippen LogP contribution in [-0.2, 0) is 9.53 Å². The van der Waals surface area contributed by atoms with Crippen molar-refractivity contribution in [1.29, 1.82) is 0 Å². The van der Waals surface area contributed by atoms with Crippen molar-refractivity contribution < 1.29 is 18.7 Å². The van der Waals surface area contributed by atoms with E-state index in [0.29, 0.717) is 6.54 Å². The molecule has 0 unspecified atom stereocenters. The zero-order valence-corrected chi connectivity index (χ0v) is 11.4. The van der Waals surface area contributed by atoms with Crippen molar-refractivity contribution >= 4 is 23.5 Å². The predicted molar refractivity (Wildman–Crippen MR) is 67.4 cm³/mol. The summed E-state index contributed by atoms with van der Waals surface area (Å²) in [5, 5.41) is -0.0667. The number of methoxy groups -OCH3 is 1. The topological polar surface area (TPSA) is 59.5 Å². The van der Waals surface area contributed by atoms with Crippen molar-refractivity contribution in [2.75, 3.05) is 20.2 Å². The molecule has 0 spiro atoms. The van der Waals surface area contributed by atoms with Crippen molar-refractivity contribution in [3.63, 3.8) is 0 Å². The van der Waals surface area contributed by atoms with Crippen LogP contribution in [-0.4, -0.2) is 42.0 Å². The highest BCUT2D eigenvalue weighted by Crippen LogP contribution is 2.16. The number of pyridine rings is 1. The molecule has 0 N–H and O–H groups in total. The summed E-state index contributed by atoms with van der Waals surface area (Å²) >= 11 is 5.77. The molecule has 19 heavy (non-hydrogen) atoms. The Labute approximate surface area is 115 Å². The number of esters is 1. The molecule has 0 saturated carbocycles. The van der Waals surface area contributed by atoms with Gasteiger partial charge in [0.1, 0.15) is 11.0 Å². The van der Waals surface area contributed by atoms with E-state index in [-0.39, 0.29) is 23.7 Å². The summed E-state index contributed by atoms with van der Waals surface area (Å²) in [4.78, 5) is 28.1. The minimum absolute atomic E-state index is 0.0200. The first-order chi connectivity index (χ1) is 8.99. The molecule has 0 fully saturated rings. The van der Waals surface area contributed by atoms with Crippen LogP contribution in [0, 0.1) is 5.82 Å². The Morgan fingerprint density at radius 1 is 1.53 bits per heavy atom. The zero-order chi connectivity index (χ0) is 14.4. The minimum atomic E-state index is -0.642. The third-order valence-electron chi connectivity index (χ3n) is 2.52. The molecule has 1 amide bonds. The van der Waals surface area contributed by atoms with Crippen molar-refractivity contribution in [2.24, 2.45) is 0 Å². The predicted octanol–water partition coefficient (Wildman–Crippen LogP) is 1.90. The number of aromatic nitrogens is 1. The summed E-state index contributed by atoms with van der Waals surface area (Å²) in [6.07, 6.45) is 1.00. The second kappa shape index (κ2) is 7.04. The van der Waals surface area contributed by atoms with Gasteiger partial charge in [0.2, 0.25) is 0 Å². The van der Waals surface area contributed by atoms with Crippen LogP contribution in [0.25, 0.3) is 0 Å². The van der Waals surface area contributed by atoms with E-state index in [0.717, 1.165) is 12.3 Å². The molecule has 0 atom stereocenters. The van der Waals surface area contributed by atoms with Crippen LogP contribution in [0.2, 0.25) is 5.15 Å². The Kier molecular flexibility index (Phi) is 5.69. The number of ether oxygens (including phenoxy) is 1. The standard InChI is InChI=1S/C12H14ClFN2O3/c1-3-16(5-4-10(17)19-2)12(18)9-6-8(14)7-15-11(9)13/h6-7H,3-5H2,1-2H3. The van der Waals surface area contributed by atoms with Gasteiger partial charge in [-0.15, -0.1) is 0 Å². The van der Waals surface area contributed by atoms with Crippen molar-refractivity contribution in [2.45, 2.75) is 13.3 Å². The first kappa shape index (κ1) is 15.4. The average Bonchev–Trinajstić information content (AvgIpc) is 2.41. The highest BCUT2D eigenvalue weighted by atomic mass is 35.5. The molecule has 1 aromatic heterocycles. The van der Waals surface area contributed by atoms with Gasteiger partial charge in [0, 0.05) is 13.1 Å². The first-order valence-electron chi connectivity index (χ1n) is 5.66. The largest absolute Gasteiger partial charge is 0.469 e. The summed E-state index contributed by atoms with van der Waals surface area (Å²) in [5.74, 6) is -1.53. The lowest BCUT2D eigenvalue weighted by Gasteiger charge is -2.20. The summed E-state index contributed by atoms with van der Waals surface area (Å²) < 4.78 is 17.6. The Balaban J connectivity index is 2.83. The number of hydrogen-bond donors (Lipinski definition) is 0. The molecule has 5 nitrogen and oxygen atoms in total. The van der Waals surface area contributed by atoms with Gasteiger partial charge in [0.15, 0.2) is 0 Å². The highest BCUT2D eigenvalue weighted by Gasteiger charge is 2.19. The number of carbonyl (C=O) groups excluding carboxylic acids is 2. The lowest BCUT2D eigenvalue weighted by Crippen LogP contribution is -2.33. The monoisotopic (exact) mass is 288 g/mol. The fourth-order valence-electron chi connectivity index (χ4n) is 1.47. The molecular weight excluding hydrogens is 275 g/mol. The van der Waals surface area contributed by atoms with Crippen LogP contribution in [0.15, 0.2) is 12.3 Å². The summed E-state index contributed by atoms with van der Waals surface area (Å²) in [6.45, 7) is 2.29. The van der Waals surface area contributed by atoms with Gasteiger partial charge in [-0.3, -0.25) is 9.59 Å². The number of rotatable bonds is 5. The van der Waals surface area contributed by atoms with E-state index in [1.165, 1.54) is 12.0 Å². The number of carbonyl (C=O) groups is 2. The van der Waals surface area contributed by atoms with Gasteiger partial charge in [-0.2, -0.15) is 0 Å². The molecule has 7 heteroatoms. The van der Waals surface area contributed by atoms with Gasteiger partial charge >= 0.3 is 5.97 Å². The summed E-state index contributed by atoms with van der Waals surface area (Å²) in [6, 6.07) is 1.03. The second-order valence-corrected chi connectivity index (χ2v) is 4.06. The Bertz CT molecular complexity index is 482. The van der Waals surface area contributed by atoms with E-state index < -0.39 is 17.7 Å². The van der Waals surface area contributed by atoms with Crippen LogP contribution in [0.3, 0.4) is 0 Å². The number of halogens is 2. The van der Waals surface area contributed by atoms with Gasteiger partial charge < -0.3 is 9.64 Å². The van der Waals surface area contributed by atoms with Crippen LogP contribution < -0.4 is 0 Å². The molecule has 0 saturated heterocycles. The van der Waals surface area contributed by atoms with Crippen LogP contribution in [0.4, 0.5) is 4.39 Å². The van der Waals surface area contributed by atoms with Gasteiger partial charge in [0.25, 0.3) is 5.91 Å². The maximum atomic E-state index is 13.1. The van der Waals surface area contributed by atoms with Crippen molar-refractivity contribution in [3.8, 4) is 0 Å². The van der Waals surface area contributed by atoms with E-state index in [1.54, 1.807) is 6.92 Å². The highest BCUT2D eigenvalue weighted by molar-refractivity contribution is 6.32. The van der Waals surface area contributed by atoms with Crippen LogP contribution in [0.5, 0.6) is 0 Å². The van der Waals surface area contributed by atoms with Crippen LogP contribution >= 0.6 is 11.6 Å². The minimum Gasteiger partial charge on any atom is -0.469 e. The van der Waals surface area contributed by atoms with E-state index in [4.69, 9.17) is 11.6 Å². The first-order valence-corrected chi connectivity index (χ1v) is 6.04. The maximum absolute atomic E-state index is 13.1. The lowest BCUT2D eigenvalue weighted by atomic mass is 10.2. The molecule has 0 aliphatic rings. The van der Waals surface area contributed by atoms with Gasteiger partial charge in [-0.05, 0) is 13.0 Å². The third-order valence-corrected chi connectivity index (χ3v) is 2.82. The summed E-state index contributed by atoms with van der Waals surface area (Å²) in [5.41, 5.74) is -0.0200. The number of nitrogens with zero attached hydrogens (tertiary/aromatic N) is 2. The second-order valence-electron chi connectivity index (χ2n) is 3.70. The third kappa shape index (κ3) is 4.17. The molecule has 104 valence electrons. The summed E-state index contributed by atoms with van der Waals surface area (Å²) in [7, 11) is 1.27. The molecule has 0 bridgehead atoms.